The van der Waals surface area contributed by atoms with Gasteiger partial charge in [0, 0.05) is 36.1 Å². The van der Waals surface area contributed by atoms with Gasteiger partial charge in [-0.05, 0) is 35.4 Å². The normalized spacial score (nSPS) is 11.7. The van der Waals surface area contributed by atoms with E-state index in [1.54, 1.807) is 13.3 Å². The van der Waals surface area contributed by atoms with Gasteiger partial charge in [0.05, 0.1) is 12.3 Å². The number of rotatable bonds is 6. The monoisotopic (exact) mass is 394 g/mol. The van der Waals surface area contributed by atoms with Gasteiger partial charge in [0.1, 0.15) is 5.65 Å². The van der Waals surface area contributed by atoms with E-state index in [0.717, 1.165) is 39.1 Å². The molecule has 2 heterocycles. The largest absolute Gasteiger partial charge is 0.392 e. The van der Waals surface area contributed by atoms with E-state index in [0.29, 0.717) is 5.82 Å². The molecule has 0 aliphatic rings. The number of aliphatic imine (C=N–C) groups is 1. The molecule has 0 bridgehead atoms. The fourth-order valence-corrected chi connectivity index (χ4v) is 3.29. The van der Waals surface area contributed by atoms with Crippen LogP contribution in [0.25, 0.3) is 33.7 Å². The Kier molecular flexibility index (Phi) is 5.63. The summed E-state index contributed by atoms with van der Waals surface area (Å²) in [6, 6.07) is 19.7. The Bertz CT molecular complexity index is 1240. The molecule has 1 N–H and O–H groups in total. The molecule has 5 heteroatoms. The lowest BCUT2D eigenvalue weighted by molar-refractivity contribution is 0.282. The van der Waals surface area contributed by atoms with Crippen molar-refractivity contribution in [2.24, 2.45) is 4.99 Å². The summed E-state index contributed by atoms with van der Waals surface area (Å²) in [4.78, 5) is 13.4. The van der Waals surface area contributed by atoms with Crippen LogP contribution in [-0.2, 0) is 6.61 Å². The molecular formula is C25H22N4O. The number of aliphatic hydroxyl groups is 1. The number of hydrogen-bond donors (Lipinski definition) is 1. The number of benzene rings is 2. The van der Waals surface area contributed by atoms with E-state index < -0.39 is 0 Å². The highest BCUT2D eigenvalue weighted by Gasteiger charge is 2.15. The van der Waals surface area contributed by atoms with Crippen LogP contribution in [0.1, 0.15) is 11.3 Å². The molecule has 2 aromatic carbocycles. The van der Waals surface area contributed by atoms with Gasteiger partial charge in [-0.15, -0.1) is 0 Å². The summed E-state index contributed by atoms with van der Waals surface area (Å²) >= 11 is 0. The Hall–Kier alpha value is -3.83. The summed E-state index contributed by atoms with van der Waals surface area (Å²) in [7, 11) is 1.73. The lowest BCUT2D eigenvalue weighted by atomic mass is 10.1. The van der Waals surface area contributed by atoms with Gasteiger partial charge < -0.3 is 5.11 Å². The van der Waals surface area contributed by atoms with Crippen LogP contribution < -0.4 is 0 Å². The molecule has 4 rings (SSSR count). The smallest absolute Gasteiger partial charge is 0.161 e. The number of nitrogens with zero attached hydrogens (tertiary/aromatic N) is 4. The molecule has 0 amide bonds. The summed E-state index contributed by atoms with van der Waals surface area (Å²) < 4.78 is 2.07. The average molecular weight is 394 g/mol. The van der Waals surface area contributed by atoms with Gasteiger partial charge >= 0.3 is 0 Å². The number of aromatic nitrogens is 3. The second kappa shape index (κ2) is 8.68. The maximum Gasteiger partial charge on any atom is 0.161 e. The first kappa shape index (κ1) is 19.5. The molecule has 4 aromatic rings. The molecule has 5 nitrogen and oxygen atoms in total. The van der Waals surface area contributed by atoms with Gasteiger partial charge in [0.15, 0.2) is 5.82 Å². The van der Waals surface area contributed by atoms with Crippen molar-refractivity contribution in [1.29, 1.82) is 0 Å². The predicted molar refractivity (Wildman–Crippen MR) is 123 cm³/mol. The van der Waals surface area contributed by atoms with Gasteiger partial charge in [0.2, 0.25) is 0 Å². The predicted octanol–water partition coefficient (Wildman–Crippen LogP) is 4.85. The molecule has 30 heavy (non-hydrogen) atoms. The highest BCUT2D eigenvalue weighted by atomic mass is 16.3. The fourth-order valence-electron chi connectivity index (χ4n) is 3.29. The molecule has 0 spiro atoms. The highest BCUT2D eigenvalue weighted by molar-refractivity contribution is 5.88. The molecule has 0 atom stereocenters. The molecule has 0 saturated carbocycles. The van der Waals surface area contributed by atoms with Crippen LogP contribution in [0.5, 0.6) is 0 Å². The quantitative estimate of drug-likeness (QED) is 0.376. The van der Waals surface area contributed by atoms with Crippen LogP contribution >= 0.6 is 0 Å². The standard InChI is InChI=1S/C25H22N4O/c1-18(7-6-14-26-2)23-15-21-16-27-24(20-8-4-3-5-9-20)28-25(21)29(23)22-12-10-19(17-30)11-13-22/h3-16,30H,1,17H2,2H3/b7-6-,26-14?. The molecule has 0 aliphatic heterocycles. The van der Waals surface area contributed by atoms with Crippen LogP contribution in [-0.4, -0.2) is 32.9 Å². The summed E-state index contributed by atoms with van der Waals surface area (Å²) in [5.74, 6) is 0.667. The Morgan fingerprint density at radius 2 is 1.90 bits per heavy atom. The Morgan fingerprint density at radius 3 is 2.60 bits per heavy atom. The zero-order valence-electron chi connectivity index (χ0n) is 16.7. The van der Waals surface area contributed by atoms with Crippen molar-refractivity contribution in [2.45, 2.75) is 6.61 Å². The maximum atomic E-state index is 9.39. The maximum absolute atomic E-state index is 9.39. The number of allylic oxidation sites excluding steroid dienone is 3. The van der Waals surface area contributed by atoms with Crippen molar-refractivity contribution < 1.29 is 5.11 Å². The first-order valence-corrected chi connectivity index (χ1v) is 9.63. The van der Waals surface area contributed by atoms with Gasteiger partial charge in [-0.25, -0.2) is 9.97 Å². The van der Waals surface area contributed by atoms with E-state index in [1.165, 1.54) is 0 Å². The minimum absolute atomic E-state index is 0.00564. The SMILES string of the molecule is C=C(/C=C\C=NC)c1cc2cnc(-c3ccccc3)nc2n1-c1ccc(CO)cc1. The second-order valence-corrected chi connectivity index (χ2v) is 6.82. The van der Waals surface area contributed by atoms with Crippen molar-refractivity contribution in [3.05, 3.63) is 96.8 Å². The Labute approximate surface area is 175 Å². The molecule has 148 valence electrons. The minimum Gasteiger partial charge on any atom is -0.392 e. The molecule has 0 saturated heterocycles. The van der Waals surface area contributed by atoms with Gasteiger partial charge in [-0.1, -0.05) is 55.1 Å². The van der Waals surface area contributed by atoms with E-state index >= 15 is 0 Å². The van der Waals surface area contributed by atoms with Crippen molar-refractivity contribution in [1.82, 2.24) is 14.5 Å². The molecule has 2 aromatic heterocycles. The van der Waals surface area contributed by atoms with Crippen molar-refractivity contribution in [2.75, 3.05) is 7.05 Å². The number of fused-ring (bicyclic) bond motifs is 1. The van der Waals surface area contributed by atoms with Gasteiger partial charge in [-0.2, -0.15) is 0 Å². The summed E-state index contributed by atoms with van der Waals surface area (Å²) in [5.41, 5.74) is 5.31. The topological polar surface area (TPSA) is 63.3 Å². The van der Waals surface area contributed by atoms with Crippen molar-refractivity contribution >= 4 is 22.8 Å². The summed E-state index contributed by atoms with van der Waals surface area (Å²) in [6.45, 7) is 4.24. The third-order valence-electron chi connectivity index (χ3n) is 4.81. The first-order chi connectivity index (χ1) is 14.7. The molecule has 0 radical (unpaired) electrons. The Balaban J connectivity index is 1.92. The van der Waals surface area contributed by atoms with Crippen LogP contribution in [0.4, 0.5) is 0 Å². The van der Waals surface area contributed by atoms with E-state index in [1.807, 2.05) is 79.0 Å². The van der Waals surface area contributed by atoms with E-state index in [2.05, 4.69) is 21.1 Å². The average Bonchev–Trinajstić information content (AvgIpc) is 3.18. The lowest BCUT2D eigenvalue weighted by Gasteiger charge is -2.11. The molecule has 0 aliphatic carbocycles. The summed E-state index contributed by atoms with van der Waals surface area (Å²) in [6.07, 6.45) is 7.35. The van der Waals surface area contributed by atoms with Gasteiger partial charge in [-0.3, -0.25) is 9.56 Å². The Morgan fingerprint density at radius 1 is 1.13 bits per heavy atom. The van der Waals surface area contributed by atoms with Crippen LogP contribution in [0.15, 0.2) is 90.6 Å². The number of aliphatic hydroxyl groups excluding tert-OH is 1. The zero-order chi connectivity index (χ0) is 20.9. The van der Waals surface area contributed by atoms with E-state index in [9.17, 15) is 5.11 Å². The van der Waals surface area contributed by atoms with Crippen molar-refractivity contribution in [3.63, 3.8) is 0 Å². The second-order valence-electron chi connectivity index (χ2n) is 6.82. The molecular weight excluding hydrogens is 372 g/mol. The van der Waals surface area contributed by atoms with E-state index in [-0.39, 0.29) is 6.61 Å². The van der Waals surface area contributed by atoms with Crippen LogP contribution in [0.2, 0.25) is 0 Å². The van der Waals surface area contributed by atoms with Crippen LogP contribution in [0.3, 0.4) is 0 Å². The number of hydrogen-bond acceptors (Lipinski definition) is 4. The van der Waals surface area contributed by atoms with Crippen molar-refractivity contribution in [3.8, 4) is 17.1 Å². The first-order valence-electron chi connectivity index (χ1n) is 9.63. The van der Waals surface area contributed by atoms with Crippen LogP contribution in [0, 0.1) is 0 Å². The van der Waals surface area contributed by atoms with E-state index in [4.69, 9.17) is 4.98 Å². The lowest BCUT2D eigenvalue weighted by Crippen LogP contribution is -2.01. The summed E-state index contributed by atoms with van der Waals surface area (Å²) in [5, 5.41) is 10.3. The minimum atomic E-state index is 0.00564. The van der Waals surface area contributed by atoms with Gasteiger partial charge in [0.25, 0.3) is 0 Å². The highest BCUT2D eigenvalue weighted by Crippen LogP contribution is 2.29. The third-order valence-corrected chi connectivity index (χ3v) is 4.81. The third kappa shape index (κ3) is 3.83. The zero-order valence-corrected chi connectivity index (χ0v) is 16.7. The fraction of sp³-hybridized carbons (Fsp3) is 0.0800. The molecule has 0 fully saturated rings. The molecule has 0 unspecified atom stereocenters.